The SMILES string of the molecule is COc1ccc2c(c1)C(CC(=O)O)NC2=O. The lowest BCUT2D eigenvalue weighted by Crippen LogP contribution is -2.21. The van der Waals surface area contributed by atoms with Gasteiger partial charge in [-0.2, -0.15) is 0 Å². The Bertz CT molecular complexity index is 453. The third-order valence-corrected chi connectivity index (χ3v) is 2.56. The highest BCUT2D eigenvalue weighted by Gasteiger charge is 2.30. The van der Waals surface area contributed by atoms with E-state index in [1.54, 1.807) is 18.2 Å². The smallest absolute Gasteiger partial charge is 0.305 e. The minimum Gasteiger partial charge on any atom is -0.497 e. The second-order valence-corrected chi connectivity index (χ2v) is 3.58. The van der Waals surface area contributed by atoms with Crippen molar-refractivity contribution in [3.63, 3.8) is 0 Å². The first-order chi connectivity index (χ1) is 7.61. The number of carbonyl (C=O) groups is 2. The van der Waals surface area contributed by atoms with Gasteiger partial charge in [-0.1, -0.05) is 0 Å². The summed E-state index contributed by atoms with van der Waals surface area (Å²) in [6.45, 7) is 0. The first-order valence-electron chi connectivity index (χ1n) is 4.82. The number of aliphatic carboxylic acids is 1. The maximum Gasteiger partial charge on any atom is 0.305 e. The Morgan fingerprint density at radius 3 is 2.94 bits per heavy atom. The quantitative estimate of drug-likeness (QED) is 0.796. The van der Waals surface area contributed by atoms with Crippen LogP contribution in [0.2, 0.25) is 0 Å². The van der Waals surface area contributed by atoms with Gasteiger partial charge in [0.05, 0.1) is 19.6 Å². The Kier molecular flexibility index (Phi) is 2.52. The summed E-state index contributed by atoms with van der Waals surface area (Å²) in [6.07, 6.45) is -0.119. The van der Waals surface area contributed by atoms with Gasteiger partial charge >= 0.3 is 5.97 Å². The van der Waals surface area contributed by atoms with Gasteiger partial charge in [-0.15, -0.1) is 0 Å². The molecule has 0 radical (unpaired) electrons. The molecule has 1 heterocycles. The number of ether oxygens (including phenoxy) is 1. The standard InChI is InChI=1S/C11H11NO4/c1-16-6-2-3-7-8(4-6)9(5-10(13)14)12-11(7)15/h2-4,9H,5H2,1H3,(H,12,15)(H,13,14). The predicted octanol–water partition coefficient (Wildman–Crippen LogP) is 0.954. The zero-order valence-corrected chi connectivity index (χ0v) is 8.69. The fourth-order valence-corrected chi connectivity index (χ4v) is 1.81. The van der Waals surface area contributed by atoms with Crippen LogP contribution in [0.4, 0.5) is 0 Å². The molecule has 1 aromatic carbocycles. The average molecular weight is 221 g/mol. The van der Waals surface area contributed by atoms with Crippen molar-refractivity contribution in [3.8, 4) is 5.75 Å². The van der Waals surface area contributed by atoms with Crippen molar-refractivity contribution in [2.75, 3.05) is 7.11 Å². The van der Waals surface area contributed by atoms with E-state index in [-0.39, 0.29) is 12.3 Å². The predicted molar refractivity (Wildman–Crippen MR) is 55.5 cm³/mol. The highest BCUT2D eigenvalue weighted by Crippen LogP contribution is 2.30. The van der Waals surface area contributed by atoms with Crippen LogP contribution in [0.3, 0.4) is 0 Å². The minimum absolute atomic E-state index is 0.119. The molecule has 0 fully saturated rings. The van der Waals surface area contributed by atoms with Gasteiger partial charge in [0.15, 0.2) is 0 Å². The van der Waals surface area contributed by atoms with Crippen LogP contribution in [0.25, 0.3) is 0 Å². The highest BCUT2D eigenvalue weighted by molar-refractivity contribution is 5.99. The number of hydrogen-bond acceptors (Lipinski definition) is 3. The van der Waals surface area contributed by atoms with Crippen LogP contribution in [0, 0.1) is 0 Å². The molecule has 16 heavy (non-hydrogen) atoms. The Morgan fingerprint density at radius 2 is 2.31 bits per heavy atom. The van der Waals surface area contributed by atoms with Gasteiger partial charge in [0.1, 0.15) is 5.75 Å². The molecule has 5 heteroatoms. The van der Waals surface area contributed by atoms with Crippen LogP contribution in [0.15, 0.2) is 18.2 Å². The topological polar surface area (TPSA) is 75.6 Å². The fourth-order valence-electron chi connectivity index (χ4n) is 1.81. The third kappa shape index (κ3) is 1.71. The van der Waals surface area contributed by atoms with E-state index in [1.165, 1.54) is 7.11 Å². The fraction of sp³-hybridized carbons (Fsp3) is 0.273. The number of methoxy groups -OCH3 is 1. The Labute approximate surface area is 92.0 Å². The lowest BCUT2D eigenvalue weighted by molar-refractivity contribution is -0.137. The molecule has 1 aliphatic rings. The van der Waals surface area contributed by atoms with Crippen LogP contribution in [0.5, 0.6) is 5.75 Å². The summed E-state index contributed by atoms with van der Waals surface area (Å²) >= 11 is 0. The van der Waals surface area contributed by atoms with Gasteiger partial charge in [-0.25, -0.2) is 0 Å². The molecule has 0 spiro atoms. The lowest BCUT2D eigenvalue weighted by Gasteiger charge is -2.09. The second kappa shape index (κ2) is 3.84. The minimum atomic E-state index is -0.944. The van der Waals surface area contributed by atoms with Gasteiger partial charge in [0, 0.05) is 5.56 Å². The maximum atomic E-state index is 11.5. The molecule has 2 rings (SSSR count). The van der Waals surface area contributed by atoms with E-state index in [1.807, 2.05) is 0 Å². The summed E-state index contributed by atoms with van der Waals surface area (Å²) in [5, 5.41) is 11.4. The zero-order valence-electron chi connectivity index (χ0n) is 8.69. The number of fused-ring (bicyclic) bond motifs is 1. The molecule has 5 nitrogen and oxygen atoms in total. The third-order valence-electron chi connectivity index (χ3n) is 2.56. The number of rotatable bonds is 3. The summed E-state index contributed by atoms with van der Waals surface area (Å²) in [5.74, 6) is -0.560. The monoisotopic (exact) mass is 221 g/mol. The largest absolute Gasteiger partial charge is 0.497 e. The van der Waals surface area contributed by atoms with E-state index in [0.29, 0.717) is 16.9 Å². The number of carboxylic acid groups (broad SMARTS) is 1. The Hall–Kier alpha value is -2.04. The second-order valence-electron chi connectivity index (χ2n) is 3.58. The number of hydrogen-bond donors (Lipinski definition) is 2. The molecule has 0 aromatic heterocycles. The van der Waals surface area contributed by atoms with Gasteiger partial charge in [-0.05, 0) is 23.8 Å². The number of nitrogens with one attached hydrogen (secondary N) is 1. The summed E-state index contributed by atoms with van der Waals surface area (Å²) in [4.78, 5) is 22.2. The van der Waals surface area contributed by atoms with Crippen molar-refractivity contribution in [1.29, 1.82) is 0 Å². The number of amides is 1. The molecule has 0 aliphatic carbocycles. The van der Waals surface area contributed by atoms with Gasteiger partial charge in [-0.3, -0.25) is 9.59 Å². The van der Waals surface area contributed by atoms with Crippen molar-refractivity contribution in [3.05, 3.63) is 29.3 Å². The van der Waals surface area contributed by atoms with Crippen LogP contribution >= 0.6 is 0 Å². The molecule has 0 saturated heterocycles. The molecule has 0 bridgehead atoms. The molecule has 84 valence electrons. The van der Waals surface area contributed by atoms with Crippen LogP contribution in [-0.4, -0.2) is 24.1 Å². The molecule has 1 amide bonds. The number of carboxylic acids is 1. The molecule has 2 N–H and O–H groups in total. The van der Waals surface area contributed by atoms with Crippen molar-refractivity contribution in [2.45, 2.75) is 12.5 Å². The summed E-state index contributed by atoms with van der Waals surface area (Å²) < 4.78 is 5.04. The van der Waals surface area contributed by atoms with Crippen molar-refractivity contribution >= 4 is 11.9 Å². The van der Waals surface area contributed by atoms with Gasteiger partial charge in [0.2, 0.25) is 0 Å². The number of benzene rings is 1. The summed E-state index contributed by atoms with van der Waals surface area (Å²) in [7, 11) is 1.53. The van der Waals surface area contributed by atoms with Crippen molar-refractivity contribution in [1.82, 2.24) is 5.32 Å². The van der Waals surface area contributed by atoms with E-state index >= 15 is 0 Å². The summed E-state index contributed by atoms with van der Waals surface area (Å²) in [6, 6.07) is 4.56. The van der Waals surface area contributed by atoms with Crippen molar-refractivity contribution in [2.24, 2.45) is 0 Å². The van der Waals surface area contributed by atoms with Crippen LogP contribution < -0.4 is 10.1 Å². The lowest BCUT2D eigenvalue weighted by atomic mass is 10.0. The highest BCUT2D eigenvalue weighted by atomic mass is 16.5. The normalized spacial score (nSPS) is 17.8. The van der Waals surface area contributed by atoms with E-state index in [2.05, 4.69) is 5.32 Å². The first kappa shape index (κ1) is 10.5. The van der Waals surface area contributed by atoms with E-state index in [4.69, 9.17) is 9.84 Å². The Balaban J connectivity index is 2.38. The number of carbonyl (C=O) groups excluding carboxylic acids is 1. The average Bonchev–Trinajstić information content (AvgIpc) is 2.54. The summed E-state index contributed by atoms with van der Waals surface area (Å²) in [5.41, 5.74) is 1.21. The van der Waals surface area contributed by atoms with E-state index in [0.717, 1.165) is 0 Å². The molecule has 1 unspecified atom stereocenters. The van der Waals surface area contributed by atoms with Gasteiger partial charge in [0.25, 0.3) is 5.91 Å². The molecule has 0 saturated carbocycles. The van der Waals surface area contributed by atoms with E-state index < -0.39 is 12.0 Å². The molecular weight excluding hydrogens is 210 g/mol. The zero-order chi connectivity index (χ0) is 11.7. The van der Waals surface area contributed by atoms with Crippen molar-refractivity contribution < 1.29 is 19.4 Å². The van der Waals surface area contributed by atoms with Crippen LogP contribution in [0.1, 0.15) is 28.4 Å². The molecular formula is C11H11NO4. The molecule has 1 atom stereocenters. The van der Waals surface area contributed by atoms with Crippen LogP contribution in [-0.2, 0) is 4.79 Å². The Morgan fingerprint density at radius 1 is 1.56 bits per heavy atom. The maximum absolute atomic E-state index is 11.5. The van der Waals surface area contributed by atoms with E-state index in [9.17, 15) is 9.59 Å². The van der Waals surface area contributed by atoms with Gasteiger partial charge < -0.3 is 15.2 Å². The molecule has 1 aliphatic heterocycles. The molecule has 1 aromatic rings. The first-order valence-corrected chi connectivity index (χ1v) is 4.82.